The van der Waals surface area contributed by atoms with Gasteiger partial charge in [0, 0.05) is 30.5 Å². The first-order chi connectivity index (χ1) is 11.9. The Morgan fingerprint density at radius 3 is 2.80 bits per heavy atom. The van der Waals surface area contributed by atoms with Gasteiger partial charge in [-0.1, -0.05) is 26.0 Å². The average Bonchev–Trinajstić information content (AvgIpc) is 3.04. The number of halogens is 1. The minimum atomic E-state index is -0.756. The standard InChI is InChI=1S/C19H28FN3O2/c1-4-21-18(22-11-15(24)12-5-7-13(20)8-6-12)23-16-14-9-10-25-17(14)19(16,2)3/h5-8,14-17,24H,4,9-11H2,1-3H3,(H2,21,22,23). The van der Waals surface area contributed by atoms with E-state index in [-0.39, 0.29) is 17.8 Å². The van der Waals surface area contributed by atoms with Crippen LogP contribution in [0.3, 0.4) is 0 Å². The van der Waals surface area contributed by atoms with Gasteiger partial charge in [-0.2, -0.15) is 0 Å². The summed E-state index contributed by atoms with van der Waals surface area (Å²) in [6.45, 7) is 8.24. The van der Waals surface area contributed by atoms with E-state index >= 15 is 0 Å². The predicted octanol–water partition coefficient (Wildman–Crippen LogP) is 2.23. The fourth-order valence-electron chi connectivity index (χ4n) is 4.05. The average molecular weight is 349 g/mol. The van der Waals surface area contributed by atoms with Crippen molar-refractivity contribution in [2.75, 3.05) is 19.7 Å². The molecule has 1 aliphatic carbocycles. The molecule has 0 spiro atoms. The third kappa shape index (κ3) is 3.65. The van der Waals surface area contributed by atoms with Crippen molar-refractivity contribution in [3.63, 3.8) is 0 Å². The molecule has 2 aliphatic rings. The highest BCUT2D eigenvalue weighted by atomic mass is 19.1. The first kappa shape index (κ1) is 18.1. The van der Waals surface area contributed by atoms with Crippen molar-refractivity contribution in [1.29, 1.82) is 0 Å². The van der Waals surface area contributed by atoms with Crippen LogP contribution in [0.1, 0.15) is 38.9 Å². The molecule has 1 aliphatic heterocycles. The number of hydrogen-bond acceptors (Lipinski definition) is 3. The number of ether oxygens (including phenoxy) is 1. The summed E-state index contributed by atoms with van der Waals surface area (Å²) in [6, 6.07) is 6.18. The predicted molar refractivity (Wildman–Crippen MR) is 95.9 cm³/mol. The molecule has 25 heavy (non-hydrogen) atoms. The normalized spacial score (nSPS) is 28.8. The first-order valence-electron chi connectivity index (χ1n) is 9.03. The number of rotatable bonds is 5. The van der Waals surface area contributed by atoms with Gasteiger partial charge < -0.3 is 20.5 Å². The first-order valence-corrected chi connectivity index (χ1v) is 9.03. The van der Waals surface area contributed by atoms with Gasteiger partial charge in [0.1, 0.15) is 5.82 Å². The summed E-state index contributed by atoms with van der Waals surface area (Å²) in [5, 5.41) is 17.0. The summed E-state index contributed by atoms with van der Waals surface area (Å²) in [7, 11) is 0. The van der Waals surface area contributed by atoms with Gasteiger partial charge in [-0.25, -0.2) is 4.39 Å². The molecular formula is C19H28FN3O2. The van der Waals surface area contributed by atoms with Crippen LogP contribution in [0.4, 0.5) is 4.39 Å². The Hall–Kier alpha value is -1.66. The molecule has 0 radical (unpaired) electrons. The van der Waals surface area contributed by atoms with E-state index in [9.17, 15) is 9.50 Å². The van der Waals surface area contributed by atoms with E-state index in [1.54, 1.807) is 12.1 Å². The zero-order valence-corrected chi connectivity index (χ0v) is 15.1. The molecule has 1 saturated heterocycles. The molecule has 6 heteroatoms. The lowest BCUT2D eigenvalue weighted by atomic mass is 9.57. The van der Waals surface area contributed by atoms with Crippen LogP contribution >= 0.6 is 0 Å². The second-order valence-corrected chi connectivity index (χ2v) is 7.47. The van der Waals surface area contributed by atoms with Crippen molar-refractivity contribution < 1.29 is 14.2 Å². The highest BCUT2D eigenvalue weighted by Gasteiger charge is 2.59. The molecule has 2 fully saturated rings. The Morgan fingerprint density at radius 2 is 2.12 bits per heavy atom. The van der Waals surface area contributed by atoms with Crippen molar-refractivity contribution in [3.8, 4) is 0 Å². The fourth-order valence-corrected chi connectivity index (χ4v) is 4.05. The molecule has 1 aromatic rings. The molecule has 4 atom stereocenters. The summed E-state index contributed by atoms with van der Waals surface area (Å²) < 4.78 is 18.8. The Balaban J connectivity index is 1.64. The van der Waals surface area contributed by atoms with Gasteiger partial charge in [-0.15, -0.1) is 0 Å². The third-order valence-corrected chi connectivity index (χ3v) is 5.41. The maximum atomic E-state index is 13.0. The van der Waals surface area contributed by atoms with E-state index in [4.69, 9.17) is 4.74 Å². The van der Waals surface area contributed by atoms with Gasteiger partial charge in [-0.05, 0) is 31.0 Å². The molecule has 3 rings (SSSR count). The van der Waals surface area contributed by atoms with Crippen LogP contribution in [-0.4, -0.2) is 42.9 Å². The number of nitrogens with one attached hydrogen (secondary N) is 2. The summed E-state index contributed by atoms with van der Waals surface area (Å²) in [5.74, 6) is 0.906. The van der Waals surface area contributed by atoms with Gasteiger partial charge in [0.15, 0.2) is 5.96 Å². The third-order valence-electron chi connectivity index (χ3n) is 5.41. The largest absolute Gasteiger partial charge is 0.386 e. The number of fused-ring (bicyclic) bond motifs is 1. The van der Waals surface area contributed by atoms with E-state index in [0.29, 0.717) is 29.6 Å². The number of aliphatic imine (C=N–C) groups is 1. The SMILES string of the molecule is CCNC(=NCC(O)c1ccc(F)cc1)NC1C2CCOC2C1(C)C. The second kappa shape index (κ2) is 7.30. The van der Waals surface area contributed by atoms with Gasteiger partial charge in [0.2, 0.25) is 0 Å². The van der Waals surface area contributed by atoms with Crippen LogP contribution in [0.2, 0.25) is 0 Å². The molecular weight excluding hydrogens is 321 g/mol. The van der Waals surface area contributed by atoms with Crippen molar-refractivity contribution in [1.82, 2.24) is 10.6 Å². The van der Waals surface area contributed by atoms with Crippen LogP contribution in [0.5, 0.6) is 0 Å². The molecule has 4 unspecified atom stereocenters. The van der Waals surface area contributed by atoms with Gasteiger partial charge in [0.25, 0.3) is 0 Å². The lowest BCUT2D eigenvalue weighted by Crippen LogP contribution is -2.68. The molecule has 1 saturated carbocycles. The minimum absolute atomic E-state index is 0.0624. The number of guanidine groups is 1. The summed E-state index contributed by atoms with van der Waals surface area (Å²) in [5.41, 5.74) is 0.724. The number of aliphatic hydroxyl groups is 1. The van der Waals surface area contributed by atoms with Gasteiger partial charge >= 0.3 is 0 Å². The maximum absolute atomic E-state index is 13.0. The Bertz CT molecular complexity index is 618. The van der Waals surface area contributed by atoms with Crippen LogP contribution in [0.15, 0.2) is 29.3 Å². The zero-order chi connectivity index (χ0) is 18.0. The quantitative estimate of drug-likeness (QED) is 0.563. The lowest BCUT2D eigenvalue weighted by Gasteiger charge is -2.54. The highest BCUT2D eigenvalue weighted by molar-refractivity contribution is 5.80. The Morgan fingerprint density at radius 1 is 1.40 bits per heavy atom. The highest BCUT2D eigenvalue weighted by Crippen LogP contribution is 2.52. The topological polar surface area (TPSA) is 65.9 Å². The lowest BCUT2D eigenvalue weighted by molar-refractivity contribution is -0.106. The summed E-state index contributed by atoms with van der Waals surface area (Å²) in [4.78, 5) is 4.52. The monoisotopic (exact) mass is 349 g/mol. The van der Waals surface area contributed by atoms with E-state index in [1.165, 1.54) is 12.1 Å². The smallest absolute Gasteiger partial charge is 0.191 e. The molecule has 5 nitrogen and oxygen atoms in total. The van der Waals surface area contributed by atoms with Gasteiger partial charge in [-0.3, -0.25) is 4.99 Å². The number of aliphatic hydroxyl groups excluding tert-OH is 1. The van der Waals surface area contributed by atoms with E-state index in [2.05, 4.69) is 29.5 Å². The Kier molecular flexibility index (Phi) is 5.29. The minimum Gasteiger partial charge on any atom is -0.386 e. The number of nitrogens with zero attached hydrogens (tertiary/aromatic N) is 1. The number of hydrogen-bond donors (Lipinski definition) is 3. The molecule has 3 N–H and O–H groups in total. The maximum Gasteiger partial charge on any atom is 0.191 e. The van der Waals surface area contributed by atoms with E-state index in [1.807, 2.05) is 6.92 Å². The van der Waals surface area contributed by atoms with Crippen molar-refractivity contribution >= 4 is 5.96 Å². The second-order valence-electron chi connectivity index (χ2n) is 7.47. The van der Waals surface area contributed by atoms with Crippen molar-refractivity contribution in [2.45, 2.75) is 45.4 Å². The van der Waals surface area contributed by atoms with Gasteiger partial charge in [0.05, 0.1) is 18.8 Å². The van der Waals surface area contributed by atoms with Crippen LogP contribution in [0, 0.1) is 17.2 Å². The molecule has 0 aromatic heterocycles. The van der Waals surface area contributed by atoms with Crippen LogP contribution in [0.25, 0.3) is 0 Å². The van der Waals surface area contributed by atoms with Crippen LogP contribution in [-0.2, 0) is 4.74 Å². The number of benzene rings is 1. The molecule has 138 valence electrons. The van der Waals surface area contributed by atoms with Crippen molar-refractivity contribution in [3.05, 3.63) is 35.6 Å². The summed E-state index contributed by atoms with van der Waals surface area (Å²) >= 11 is 0. The molecule has 0 amide bonds. The fraction of sp³-hybridized carbons (Fsp3) is 0.632. The zero-order valence-electron chi connectivity index (χ0n) is 15.1. The van der Waals surface area contributed by atoms with E-state index in [0.717, 1.165) is 19.6 Å². The molecule has 1 aromatic carbocycles. The Labute approximate surface area is 148 Å². The van der Waals surface area contributed by atoms with E-state index < -0.39 is 6.10 Å². The van der Waals surface area contributed by atoms with Crippen molar-refractivity contribution in [2.24, 2.45) is 16.3 Å². The molecule has 0 bridgehead atoms. The summed E-state index contributed by atoms with van der Waals surface area (Å²) in [6.07, 6.45) is 0.634. The van der Waals surface area contributed by atoms with Crippen LogP contribution < -0.4 is 10.6 Å². The molecule has 1 heterocycles.